The second-order valence-corrected chi connectivity index (χ2v) is 6.95. The summed E-state index contributed by atoms with van der Waals surface area (Å²) in [5, 5.41) is 7.30. The first-order chi connectivity index (χ1) is 13.7. The number of amides is 1. The molecular formula is C22H18N2O3S. The minimum atomic E-state index is -0.176. The van der Waals surface area contributed by atoms with E-state index in [0.29, 0.717) is 22.2 Å². The molecule has 0 radical (unpaired) electrons. The highest BCUT2D eigenvalue weighted by Gasteiger charge is 2.13. The first kappa shape index (κ1) is 18.0. The van der Waals surface area contributed by atoms with Crippen LogP contribution < -0.4 is 14.8 Å². The van der Waals surface area contributed by atoms with Gasteiger partial charge in [-0.05, 0) is 35.0 Å². The number of hydrogen-bond donors (Lipinski definition) is 1. The zero-order valence-corrected chi connectivity index (χ0v) is 16.2. The fourth-order valence-electron chi connectivity index (χ4n) is 3.05. The van der Waals surface area contributed by atoms with Gasteiger partial charge in [0.15, 0.2) is 16.6 Å². The van der Waals surface area contributed by atoms with Crippen LogP contribution in [0.5, 0.6) is 11.5 Å². The number of benzene rings is 3. The van der Waals surface area contributed by atoms with Crippen molar-refractivity contribution < 1.29 is 14.3 Å². The molecule has 1 aromatic heterocycles. The molecule has 0 saturated carbocycles. The molecule has 0 atom stereocenters. The highest BCUT2D eigenvalue weighted by atomic mass is 32.1. The largest absolute Gasteiger partial charge is 0.493 e. The van der Waals surface area contributed by atoms with Crippen molar-refractivity contribution in [2.24, 2.45) is 0 Å². The van der Waals surface area contributed by atoms with Crippen molar-refractivity contribution in [2.75, 3.05) is 19.5 Å². The summed E-state index contributed by atoms with van der Waals surface area (Å²) in [5.74, 6) is 1.12. The average Bonchev–Trinajstić information content (AvgIpc) is 3.21. The summed E-state index contributed by atoms with van der Waals surface area (Å²) >= 11 is 1.38. The third-order valence-electron chi connectivity index (χ3n) is 4.44. The van der Waals surface area contributed by atoms with Crippen LogP contribution in [-0.4, -0.2) is 25.1 Å². The smallest absolute Gasteiger partial charge is 0.258 e. The standard InChI is InChI=1S/C22H18N2O3S/c1-26-19-11-10-15(12-20(19)27-2)18-13-28-22(23-18)24-21(25)17-9-5-7-14-6-3-4-8-16(14)17/h3-13H,1-2H3,(H,23,24,25). The molecule has 0 aliphatic heterocycles. The van der Waals surface area contributed by atoms with E-state index in [0.717, 1.165) is 22.0 Å². The third-order valence-corrected chi connectivity index (χ3v) is 5.20. The van der Waals surface area contributed by atoms with Gasteiger partial charge in [0.25, 0.3) is 5.91 Å². The van der Waals surface area contributed by atoms with Crippen LogP contribution in [0.25, 0.3) is 22.0 Å². The van der Waals surface area contributed by atoms with Gasteiger partial charge < -0.3 is 9.47 Å². The predicted octanol–water partition coefficient (Wildman–Crippen LogP) is 5.23. The fourth-order valence-corrected chi connectivity index (χ4v) is 3.76. The van der Waals surface area contributed by atoms with E-state index in [1.54, 1.807) is 14.2 Å². The first-order valence-corrected chi connectivity index (χ1v) is 9.54. The number of carbonyl (C=O) groups is 1. The summed E-state index contributed by atoms with van der Waals surface area (Å²) in [7, 11) is 3.19. The van der Waals surface area contributed by atoms with Gasteiger partial charge in [0.05, 0.1) is 19.9 Å². The Morgan fingerprint density at radius 3 is 2.57 bits per heavy atom. The summed E-state index contributed by atoms with van der Waals surface area (Å²) in [6.07, 6.45) is 0. The third kappa shape index (κ3) is 3.42. The first-order valence-electron chi connectivity index (χ1n) is 8.66. The highest BCUT2D eigenvalue weighted by Crippen LogP contribution is 2.33. The molecule has 0 unspecified atom stereocenters. The van der Waals surface area contributed by atoms with Gasteiger partial charge in [-0.1, -0.05) is 36.4 Å². The second kappa shape index (κ2) is 7.70. The number of methoxy groups -OCH3 is 2. The van der Waals surface area contributed by atoms with Crippen LogP contribution in [0.15, 0.2) is 66.0 Å². The van der Waals surface area contributed by atoms with Gasteiger partial charge in [-0.25, -0.2) is 4.98 Å². The number of nitrogens with zero attached hydrogens (tertiary/aromatic N) is 1. The molecule has 6 heteroatoms. The lowest BCUT2D eigenvalue weighted by atomic mass is 10.0. The fraction of sp³-hybridized carbons (Fsp3) is 0.0909. The Labute approximate surface area is 166 Å². The van der Waals surface area contributed by atoms with Crippen LogP contribution in [0.4, 0.5) is 5.13 Å². The van der Waals surface area contributed by atoms with Gasteiger partial charge in [0, 0.05) is 16.5 Å². The van der Waals surface area contributed by atoms with Gasteiger partial charge in [0.1, 0.15) is 0 Å². The van der Waals surface area contributed by atoms with E-state index in [1.165, 1.54) is 11.3 Å². The minimum Gasteiger partial charge on any atom is -0.493 e. The van der Waals surface area contributed by atoms with Crippen LogP contribution in [0.1, 0.15) is 10.4 Å². The van der Waals surface area contributed by atoms with Crippen molar-refractivity contribution in [3.8, 4) is 22.8 Å². The van der Waals surface area contributed by atoms with Gasteiger partial charge in [0.2, 0.25) is 0 Å². The van der Waals surface area contributed by atoms with Crippen LogP contribution in [-0.2, 0) is 0 Å². The number of rotatable bonds is 5. The normalized spacial score (nSPS) is 10.6. The van der Waals surface area contributed by atoms with Gasteiger partial charge in [-0.3, -0.25) is 10.1 Å². The quantitative estimate of drug-likeness (QED) is 0.507. The van der Waals surface area contributed by atoms with Gasteiger partial charge in [-0.2, -0.15) is 0 Å². The number of aromatic nitrogens is 1. The van der Waals surface area contributed by atoms with Crippen molar-refractivity contribution in [1.29, 1.82) is 0 Å². The zero-order valence-electron chi connectivity index (χ0n) is 15.4. The molecular weight excluding hydrogens is 372 g/mol. The summed E-state index contributed by atoms with van der Waals surface area (Å²) < 4.78 is 10.6. The molecule has 0 saturated heterocycles. The molecule has 0 bridgehead atoms. The molecule has 0 aliphatic carbocycles. The lowest BCUT2D eigenvalue weighted by molar-refractivity contribution is 0.102. The number of carbonyl (C=O) groups excluding carboxylic acids is 1. The van der Waals surface area contributed by atoms with Crippen molar-refractivity contribution in [3.05, 3.63) is 71.6 Å². The second-order valence-electron chi connectivity index (χ2n) is 6.09. The molecule has 4 aromatic rings. The molecule has 5 nitrogen and oxygen atoms in total. The number of hydrogen-bond acceptors (Lipinski definition) is 5. The molecule has 1 N–H and O–H groups in total. The average molecular weight is 390 g/mol. The van der Waals surface area contributed by atoms with Gasteiger partial charge in [-0.15, -0.1) is 11.3 Å². The zero-order chi connectivity index (χ0) is 19.5. The van der Waals surface area contributed by atoms with E-state index >= 15 is 0 Å². The Bertz CT molecular complexity index is 1150. The molecule has 3 aromatic carbocycles. The highest BCUT2D eigenvalue weighted by molar-refractivity contribution is 7.14. The number of thiazole rings is 1. The maximum absolute atomic E-state index is 12.8. The van der Waals surface area contributed by atoms with Crippen LogP contribution in [0.3, 0.4) is 0 Å². The lowest BCUT2D eigenvalue weighted by Gasteiger charge is -2.08. The maximum Gasteiger partial charge on any atom is 0.258 e. The summed E-state index contributed by atoms with van der Waals surface area (Å²) in [4.78, 5) is 17.3. The van der Waals surface area contributed by atoms with E-state index in [-0.39, 0.29) is 5.91 Å². The van der Waals surface area contributed by atoms with Crippen LogP contribution in [0, 0.1) is 0 Å². The minimum absolute atomic E-state index is 0.176. The molecule has 1 amide bonds. The Kier molecular flexibility index (Phi) is 4.95. The number of anilines is 1. The summed E-state index contributed by atoms with van der Waals surface area (Å²) in [6.45, 7) is 0. The lowest BCUT2D eigenvalue weighted by Crippen LogP contribution is -2.12. The maximum atomic E-state index is 12.8. The summed E-state index contributed by atoms with van der Waals surface area (Å²) in [5.41, 5.74) is 2.28. The van der Waals surface area contributed by atoms with Crippen molar-refractivity contribution in [3.63, 3.8) is 0 Å². The van der Waals surface area contributed by atoms with Crippen molar-refractivity contribution in [1.82, 2.24) is 4.98 Å². The van der Waals surface area contributed by atoms with Crippen LogP contribution >= 0.6 is 11.3 Å². The molecule has 1 heterocycles. The van der Waals surface area contributed by atoms with Crippen molar-refractivity contribution in [2.45, 2.75) is 0 Å². The SMILES string of the molecule is COc1ccc(-c2csc(NC(=O)c3cccc4ccccc34)n2)cc1OC. The van der Waals surface area contributed by atoms with E-state index in [4.69, 9.17) is 9.47 Å². The van der Waals surface area contributed by atoms with E-state index in [2.05, 4.69) is 10.3 Å². The number of fused-ring (bicyclic) bond motifs is 1. The Morgan fingerprint density at radius 1 is 0.964 bits per heavy atom. The van der Waals surface area contributed by atoms with Crippen LogP contribution in [0.2, 0.25) is 0 Å². The Hall–Kier alpha value is -3.38. The molecule has 4 rings (SSSR count). The number of nitrogens with one attached hydrogen (secondary N) is 1. The van der Waals surface area contributed by atoms with Gasteiger partial charge >= 0.3 is 0 Å². The molecule has 0 spiro atoms. The predicted molar refractivity (Wildman–Crippen MR) is 113 cm³/mol. The molecule has 0 aliphatic rings. The van der Waals surface area contributed by atoms with E-state index in [9.17, 15) is 4.79 Å². The molecule has 28 heavy (non-hydrogen) atoms. The summed E-state index contributed by atoms with van der Waals surface area (Å²) in [6, 6.07) is 19.1. The molecule has 0 fully saturated rings. The Morgan fingerprint density at radius 2 is 1.75 bits per heavy atom. The Balaban J connectivity index is 1.59. The monoisotopic (exact) mass is 390 g/mol. The van der Waals surface area contributed by atoms with E-state index in [1.807, 2.05) is 66.0 Å². The van der Waals surface area contributed by atoms with Crippen molar-refractivity contribution >= 4 is 33.1 Å². The number of ether oxygens (including phenoxy) is 2. The topological polar surface area (TPSA) is 60.5 Å². The molecule has 140 valence electrons. The van der Waals surface area contributed by atoms with E-state index < -0.39 is 0 Å².